The first-order valence-corrected chi connectivity index (χ1v) is 13.4. The molecular weight excluding hydrogens is 396 g/mol. The largest absolute Gasteiger partial charge is 0.393 e. The Kier molecular flexibility index (Phi) is 6.78. The molecule has 0 aromatic carbocycles. The molecule has 0 heterocycles. The van der Waals surface area contributed by atoms with Crippen LogP contribution in [-0.2, 0) is 0 Å². The summed E-state index contributed by atoms with van der Waals surface area (Å²) in [7, 11) is 0. The second kappa shape index (κ2) is 8.86. The molecule has 4 aliphatic carbocycles. The average Bonchev–Trinajstić information content (AvgIpc) is 3.06. The summed E-state index contributed by atoms with van der Waals surface area (Å²) in [6.07, 6.45) is 13.6. The van der Waals surface area contributed by atoms with E-state index in [0.717, 1.165) is 19.3 Å². The van der Waals surface area contributed by atoms with Crippen molar-refractivity contribution in [3.8, 4) is 0 Å². The van der Waals surface area contributed by atoms with E-state index in [2.05, 4.69) is 52.8 Å². The lowest BCUT2D eigenvalue weighted by molar-refractivity contribution is -0.0950. The maximum absolute atomic E-state index is 11.3. The van der Waals surface area contributed by atoms with Gasteiger partial charge in [0.2, 0.25) is 0 Å². The van der Waals surface area contributed by atoms with Gasteiger partial charge < -0.3 is 15.3 Å². The number of aliphatic hydroxyl groups excluding tert-OH is 3. The molecule has 4 rings (SSSR count). The van der Waals surface area contributed by atoms with E-state index < -0.39 is 0 Å². The second-order valence-electron chi connectivity index (χ2n) is 12.8. The Morgan fingerprint density at radius 3 is 2.31 bits per heavy atom. The molecule has 182 valence electrons. The summed E-state index contributed by atoms with van der Waals surface area (Å²) in [5, 5.41) is 31.8. The fraction of sp³-hybridized carbons (Fsp3) is 0.862. The first kappa shape index (κ1) is 24.5. The van der Waals surface area contributed by atoms with Gasteiger partial charge in [0.15, 0.2) is 0 Å². The van der Waals surface area contributed by atoms with Crippen LogP contribution in [-0.4, -0.2) is 33.6 Å². The van der Waals surface area contributed by atoms with Crippen LogP contribution in [0, 0.1) is 52.3 Å². The van der Waals surface area contributed by atoms with Crippen LogP contribution in [0.1, 0.15) is 86.5 Å². The van der Waals surface area contributed by atoms with Crippen molar-refractivity contribution in [1.29, 1.82) is 0 Å². The minimum absolute atomic E-state index is 0.163. The van der Waals surface area contributed by atoms with Gasteiger partial charge in [0, 0.05) is 5.92 Å². The third-order valence-electron chi connectivity index (χ3n) is 10.8. The smallest absolute Gasteiger partial charge is 0.0757 e. The molecule has 0 spiro atoms. The highest BCUT2D eigenvalue weighted by molar-refractivity contribution is 5.28. The fourth-order valence-corrected chi connectivity index (χ4v) is 8.91. The van der Waals surface area contributed by atoms with Gasteiger partial charge in [0.25, 0.3) is 0 Å². The Morgan fingerprint density at radius 2 is 1.66 bits per heavy atom. The Morgan fingerprint density at radius 1 is 0.938 bits per heavy atom. The maximum Gasteiger partial charge on any atom is 0.0757 e. The second-order valence-corrected chi connectivity index (χ2v) is 12.8. The van der Waals surface area contributed by atoms with Crippen molar-refractivity contribution in [3.63, 3.8) is 0 Å². The van der Waals surface area contributed by atoms with Crippen LogP contribution in [0.5, 0.6) is 0 Å². The van der Waals surface area contributed by atoms with E-state index >= 15 is 0 Å². The van der Waals surface area contributed by atoms with E-state index in [1.807, 2.05) is 6.92 Å². The first-order valence-electron chi connectivity index (χ1n) is 13.4. The summed E-state index contributed by atoms with van der Waals surface area (Å²) in [5.41, 5.74) is 1.77. The molecule has 11 unspecified atom stereocenters. The van der Waals surface area contributed by atoms with E-state index in [4.69, 9.17) is 0 Å². The minimum Gasteiger partial charge on any atom is -0.393 e. The highest BCUT2D eigenvalue weighted by atomic mass is 16.3. The van der Waals surface area contributed by atoms with Crippen molar-refractivity contribution >= 4 is 0 Å². The van der Waals surface area contributed by atoms with Gasteiger partial charge in [-0.2, -0.15) is 0 Å². The molecule has 32 heavy (non-hydrogen) atoms. The lowest BCUT2D eigenvalue weighted by atomic mass is 9.46. The van der Waals surface area contributed by atoms with Gasteiger partial charge in [-0.25, -0.2) is 0 Å². The van der Waals surface area contributed by atoms with Gasteiger partial charge in [0.1, 0.15) is 0 Å². The van der Waals surface area contributed by atoms with Crippen LogP contribution in [0.25, 0.3) is 0 Å². The topological polar surface area (TPSA) is 60.7 Å². The number of rotatable bonds is 5. The maximum atomic E-state index is 11.3. The summed E-state index contributed by atoms with van der Waals surface area (Å²) in [6.45, 7) is 13.6. The standard InChI is InChI=1S/C29H48O3/c1-17(2)22(19(4)30)8-7-18(3)23-9-10-24-27-25(12-14-29(23,24)6)28(5)13-11-21(31)15-20(28)16-26(27)32/h7-8,16-19,21-27,30-32H,9-15H2,1-6H3. The number of aliphatic hydroxyl groups is 3. The lowest BCUT2D eigenvalue weighted by Gasteiger charge is -2.59. The molecule has 11 atom stereocenters. The monoisotopic (exact) mass is 444 g/mol. The van der Waals surface area contributed by atoms with Crippen molar-refractivity contribution < 1.29 is 15.3 Å². The number of hydrogen-bond donors (Lipinski definition) is 3. The van der Waals surface area contributed by atoms with Gasteiger partial charge in [-0.05, 0) is 98.2 Å². The number of hydrogen-bond acceptors (Lipinski definition) is 3. The first-order chi connectivity index (χ1) is 15.0. The molecule has 4 aliphatic rings. The molecule has 0 aliphatic heterocycles. The van der Waals surface area contributed by atoms with Crippen LogP contribution in [0.3, 0.4) is 0 Å². The average molecular weight is 445 g/mol. The predicted molar refractivity (Wildman–Crippen MR) is 131 cm³/mol. The third-order valence-corrected chi connectivity index (χ3v) is 10.8. The van der Waals surface area contributed by atoms with Crippen molar-refractivity contribution in [2.75, 3.05) is 0 Å². The zero-order valence-corrected chi connectivity index (χ0v) is 21.3. The summed E-state index contributed by atoms with van der Waals surface area (Å²) in [4.78, 5) is 0. The lowest BCUT2D eigenvalue weighted by Crippen LogP contribution is -2.54. The van der Waals surface area contributed by atoms with Crippen molar-refractivity contribution in [2.24, 2.45) is 52.3 Å². The Hall–Kier alpha value is -0.640. The van der Waals surface area contributed by atoms with E-state index in [1.54, 1.807) is 0 Å². The molecule has 0 saturated heterocycles. The molecular formula is C29H48O3. The summed E-state index contributed by atoms with van der Waals surface area (Å²) in [5.74, 6) is 3.28. The minimum atomic E-state index is -0.358. The van der Waals surface area contributed by atoms with Crippen molar-refractivity contribution in [3.05, 3.63) is 23.8 Å². The van der Waals surface area contributed by atoms with Crippen LogP contribution >= 0.6 is 0 Å². The zero-order chi connectivity index (χ0) is 23.4. The Balaban J connectivity index is 1.56. The summed E-state index contributed by atoms with van der Waals surface area (Å²) >= 11 is 0. The highest BCUT2D eigenvalue weighted by Crippen LogP contribution is 2.67. The fourth-order valence-electron chi connectivity index (χ4n) is 8.91. The van der Waals surface area contributed by atoms with Gasteiger partial charge in [0.05, 0.1) is 18.3 Å². The Labute approximate surface area is 196 Å². The molecule has 3 heteroatoms. The number of allylic oxidation sites excluding steroid dienone is 1. The summed E-state index contributed by atoms with van der Waals surface area (Å²) < 4.78 is 0. The third kappa shape index (κ3) is 3.95. The van der Waals surface area contributed by atoms with Gasteiger partial charge >= 0.3 is 0 Å². The molecule has 0 aromatic heterocycles. The predicted octanol–water partition coefficient (Wildman–Crippen LogP) is 5.74. The molecule has 3 saturated carbocycles. The molecule has 3 nitrogen and oxygen atoms in total. The normalized spacial score (nSPS) is 46.9. The molecule has 0 aromatic rings. The molecule has 0 bridgehead atoms. The van der Waals surface area contributed by atoms with Crippen molar-refractivity contribution in [2.45, 2.75) is 105 Å². The Bertz CT molecular complexity index is 731. The molecule has 0 radical (unpaired) electrons. The highest BCUT2D eigenvalue weighted by Gasteiger charge is 2.61. The SMILES string of the molecule is CC(C)C(C=CC(C)C1CCC2C3C(O)C=C4CC(O)CCC4(C)C3CCC12C)C(C)O. The van der Waals surface area contributed by atoms with E-state index in [0.29, 0.717) is 35.5 Å². The van der Waals surface area contributed by atoms with Crippen molar-refractivity contribution in [1.82, 2.24) is 0 Å². The van der Waals surface area contributed by atoms with Crippen LogP contribution in [0.4, 0.5) is 0 Å². The van der Waals surface area contributed by atoms with E-state index in [1.165, 1.54) is 31.3 Å². The van der Waals surface area contributed by atoms with Gasteiger partial charge in [-0.15, -0.1) is 0 Å². The quantitative estimate of drug-likeness (QED) is 0.474. The molecule has 0 amide bonds. The van der Waals surface area contributed by atoms with Gasteiger partial charge in [-0.3, -0.25) is 0 Å². The molecule has 3 N–H and O–H groups in total. The van der Waals surface area contributed by atoms with E-state index in [9.17, 15) is 15.3 Å². The van der Waals surface area contributed by atoms with E-state index in [-0.39, 0.29) is 35.1 Å². The van der Waals surface area contributed by atoms with Crippen LogP contribution in [0.15, 0.2) is 23.8 Å². The summed E-state index contributed by atoms with van der Waals surface area (Å²) in [6, 6.07) is 0. The van der Waals surface area contributed by atoms with Crippen LogP contribution in [0.2, 0.25) is 0 Å². The zero-order valence-electron chi connectivity index (χ0n) is 21.3. The number of fused-ring (bicyclic) bond motifs is 5. The molecule has 3 fully saturated rings. The van der Waals surface area contributed by atoms with Gasteiger partial charge in [-0.1, -0.05) is 58.4 Å². The van der Waals surface area contributed by atoms with Crippen LogP contribution < -0.4 is 0 Å².